The van der Waals surface area contributed by atoms with Crippen molar-refractivity contribution in [3.63, 3.8) is 0 Å². The number of amides is 2. The summed E-state index contributed by atoms with van der Waals surface area (Å²) in [5.41, 5.74) is -0.0342. The van der Waals surface area contributed by atoms with Crippen LogP contribution in [0.25, 0.3) is 22.6 Å². The van der Waals surface area contributed by atoms with E-state index in [1.807, 2.05) is 0 Å². The fourth-order valence-electron chi connectivity index (χ4n) is 3.58. The Morgan fingerprint density at radius 3 is 2.70 bits per heavy atom. The van der Waals surface area contributed by atoms with Crippen molar-refractivity contribution >= 4 is 17.9 Å². The third-order valence-corrected chi connectivity index (χ3v) is 5.38. The largest absolute Gasteiger partial charge is 0.444 e. The number of hydrogen-bond acceptors (Lipinski definition) is 9. The zero-order valence-corrected chi connectivity index (χ0v) is 20.9. The van der Waals surface area contributed by atoms with Gasteiger partial charge in [-0.05, 0) is 57.2 Å². The number of hydrogen-bond donors (Lipinski definition) is 2. The lowest BCUT2D eigenvalue weighted by Gasteiger charge is -2.19. The number of nitrogens with one attached hydrogen (secondary N) is 1. The molecule has 0 saturated carbocycles. The molecule has 0 unspecified atom stereocenters. The van der Waals surface area contributed by atoms with Crippen molar-refractivity contribution in [3.05, 3.63) is 42.3 Å². The van der Waals surface area contributed by atoms with Crippen LogP contribution in [0.5, 0.6) is 0 Å². The molecule has 2 amide bonds. The zero-order chi connectivity index (χ0) is 26.8. The molecule has 1 aliphatic rings. The number of cyclic esters (lactones) is 1. The molecule has 3 heterocycles. The predicted octanol–water partition coefficient (Wildman–Crippen LogP) is 2.77. The Kier molecular flexibility index (Phi) is 7.07. The van der Waals surface area contributed by atoms with E-state index in [1.165, 1.54) is 22.0 Å². The maximum atomic E-state index is 15.0. The van der Waals surface area contributed by atoms with Crippen LogP contribution in [0.2, 0.25) is 0 Å². The first-order chi connectivity index (χ1) is 17.5. The van der Waals surface area contributed by atoms with Crippen molar-refractivity contribution < 1.29 is 28.6 Å². The van der Waals surface area contributed by atoms with Crippen molar-refractivity contribution in [3.8, 4) is 22.6 Å². The molecule has 1 atom stereocenters. The van der Waals surface area contributed by atoms with Crippen LogP contribution in [0.3, 0.4) is 0 Å². The van der Waals surface area contributed by atoms with Gasteiger partial charge >= 0.3 is 12.2 Å². The third-order valence-electron chi connectivity index (χ3n) is 5.38. The number of nitrogens with zero attached hydrogens (tertiary/aromatic N) is 6. The maximum absolute atomic E-state index is 15.0. The second-order valence-electron chi connectivity index (χ2n) is 9.80. The minimum Gasteiger partial charge on any atom is -0.444 e. The lowest BCUT2D eigenvalue weighted by atomic mass is 10.1. The van der Waals surface area contributed by atoms with Crippen LogP contribution in [0.15, 0.2) is 36.5 Å². The molecule has 196 valence electrons. The van der Waals surface area contributed by atoms with E-state index in [-0.39, 0.29) is 32.1 Å². The molecular formula is C24H28FN7O5. The van der Waals surface area contributed by atoms with Gasteiger partial charge in [-0.25, -0.2) is 14.0 Å². The molecule has 2 N–H and O–H groups in total. The molecule has 1 aliphatic heterocycles. The first-order valence-corrected chi connectivity index (χ1v) is 11.6. The summed E-state index contributed by atoms with van der Waals surface area (Å²) in [7, 11) is 0. The number of ether oxygens (including phenoxy) is 2. The molecule has 1 aromatic carbocycles. The Labute approximate surface area is 212 Å². The van der Waals surface area contributed by atoms with Crippen molar-refractivity contribution in [2.24, 2.45) is 0 Å². The summed E-state index contributed by atoms with van der Waals surface area (Å²) in [6.07, 6.45) is 0.315. The highest BCUT2D eigenvalue weighted by Gasteiger charge is 2.41. The SMILES string of the molecule is CC(C)(C)OC(=O)NCCn1nnc(-c2ccc(-c3ccc(N4C[C@](C)(CO)OC4=O)cc3F)cn2)n1. The zero-order valence-electron chi connectivity index (χ0n) is 20.9. The molecule has 3 aromatic rings. The van der Waals surface area contributed by atoms with Gasteiger partial charge in [0.2, 0.25) is 5.82 Å². The van der Waals surface area contributed by atoms with Gasteiger partial charge in [-0.3, -0.25) is 9.88 Å². The Morgan fingerprint density at radius 2 is 2.08 bits per heavy atom. The lowest BCUT2D eigenvalue weighted by Crippen LogP contribution is -2.34. The number of carbonyl (C=O) groups is 2. The summed E-state index contributed by atoms with van der Waals surface area (Å²) in [4.78, 5) is 30.8. The number of pyridine rings is 1. The molecule has 0 radical (unpaired) electrons. The van der Waals surface area contributed by atoms with Gasteiger partial charge in [-0.15, -0.1) is 10.2 Å². The summed E-state index contributed by atoms with van der Waals surface area (Å²) in [6.45, 7) is 7.25. The molecule has 13 heteroatoms. The summed E-state index contributed by atoms with van der Waals surface area (Å²) in [5.74, 6) is -0.266. The Hall–Kier alpha value is -4.13. The van der Waals surface area contributed by atoms with Crippen molar-refractivity contribution in [2.75, 3.05) is 24.6 Å². The number of aliphatic hydroxyl groups excluding tert-OH is 1. The van der Waals surface area contributed by atoms with Gasteiger partial charge in [0, 0.05) is 23.9 Å². The van der Waals surface area contributed by atoms with E-state index in [1.54, 1.807) is 52.0 Å². The van der Waals surface area contributed by atoms with Crippen LogP contribution in [0.4, 0.5) is 19.7 Å². The molecule has 37 heavy (non-hydrogen) atoms. The van der Waals surface area contributed by atoms with Crippen LogP contribution in [0.1, 0.15) is 27.7 Å². The number of carbonyl (C=O) groups excluding carboxylic acids is 2. The van der Waals surface area contributed by atoms with Gasteiger partial charge in [0.05, 0.1) is 25.4 Å². The Morgan fingerprint density at radius 1 is 1.30 bits per heavy atom. The van der Waals surface area contributed by atoms with Crippen LogP contribution < -0.4 is 10.2 Å². The van der Waals surface area contributed by atoms with Crippen LogP contribution >= 0.6 is 0 Å². The third kappa shape index (κ3) is 6.17. The second-order valence-corrected chi connectivity index (χ2v) is 9.80. The molecular weight excluding hydrogens is 485 g/mol. The predicted molar refractivity (Wildman–Crippen MR) is 130 cm³/mol. The van der Waals surface area contributed by atoms with E-state index in [2.05, 4.69) is 25.7 Å². The van der Waals surface area contributed by atoms with Gasteiger partial charge in [-0.1, -0.05) is 6.07 Å². The van der Waals surface area contributed by atoms with Crippen molar-refractivity contribution in [2.45, 2.75) is 45.4 Å². The topological polar surface area (TPSA) is 145 Å². The second kappa shape index (κ2) is 10.1. The van der Waals surface area contributed by atoms with E-state index in [0.29, 0.717) is 22.5 Å². The van der Waals surface area contributed by atoms with E-state index in [4.69, 9.17) is 9.47 Å². The molecule has 2 aromatic heterocycles. The smallest absolute Gasteiger partial charge is 0.415 e. The van der Waals surface area contributed by atoms with Crippen LogP contribution in [-0.4, -0.2) is 73.4 Å². The Balaban J connectivity index is 1.39. The fourth-order valence-corrected chi connectivity index (χ4v) is 3.58. The average molecular weight is 514 g/mol. The normalized spacial score (nSPS) is 17.6. The highest BCUT2D eigenvalue weighted by molar-refractivity contribution is 5.90. The summed E-state index contributed by atoms with van der Waals surface area (Å²) in [6, 6.07) is 7.72. The summed E-state index contributed by atoms with van der Waals surface area (Å²) in [5, 5.41) is 24.2. The van der Waals surface area contributed by atoms with E-state index in [0.717, 1.165) is 0 Å². The quantitative estimate of drug-likeness (QED) is 0.487. The highest BCUT2D eigenvalue weighted by atomic mass is 19.1. The Bertz CT molecular complexity index is 1290. The first-order valence-electron chi connectivity index (χ1n) is 11.6. The maximum Gasteiger partial charge on any atom is 0.415 e. The monoisotopic (exact) mass is 513 g/mol. The van der Waals surface area contributed by atoms with Crippen LogP contribution in [-0.2, 0) is 16.0 Å². The molecule has 0 bridgehead atoms. The minimum atomic E-state index is -1.03. The standard InChI is InChI=1S/C24H28FN7O5/c1-23(2,3)36-21(34)26-9-10-32-29-20(28-30-32)19-8-5-15(12-27-19)17-7-6-16(11-18(17)25)31-13-24(4,14-33)37-22(31)35/h5-8,11-12,33H,9-10,13-14H2,1-4H3,(H,26,34)/t24-/m1/s1. The van der Waals surface area contributed by atoms with Gasteiger partial charge in [0.25, 0.3) is 0 Å². The molecule has 4 rings (SSSR count). The summed E-state index contributed by atoms with van der Waals surface area (Å²) >= 11 is 0. The average Bonchev–Trinajstić information content (AvgIpc) is 3.42. The minimum absolute atomic E-state index is 0.113. The molecule has 0 spiro atoms. The highest BCUT2D eigenvalue weighted by Crippen LogP contribution is 2.31. The number of anilines is 1. The van der Waals surface area contributed by atoms with E-state index < -0.39 is 29.2 Å². The van der Waals surface area contributed by atoms with Crippen LogP contribution in [0, 0.1) is 5.82 Å². The van der Waals surface area contributed by atoms with Gasteiger partial charge in [0.15, 0.2) is 5.60 Å². The van der Waals surface area contributed by atoms with Gasteiger partial charge in [0.1, 0.15) is 17.1 Å². The molecule has 0 aliphatic carbocycles. The molecule has 1 saturated heterocycles. The van der Waals surface area contributed by atoms with Crippen molar-refractivity contribution in [1.82, 2.24) is 30.5 Å². The fraction of sp³-hybridized carbons (Fsp3) is 0.417. The molecule has 12 nitrogen and oxygen atoms in total. The van der Waals surface area contributed by atoms with Crippen molar-refractivity contribution in [1.29, 1.82) is 0 Å². The van der Waals surface area contributed by atoms with Gasteiger partial charge < -0.3 is 19.9 Å². The number of alkyl carbamates (subject to hydrolysis) is 1. The number of aromatic nitrogens is 5. The number of rotatable bonds is 7. The number of aliphatic hydroxyl groups is 1. The number of halogens is 1. The van der Waals surface area contributed by atoms with Gasteiger partial charge in [-0.2, -0.15) is 4.80 Å². The summed E-state index contributed by atoms with van der Waals surface area (Å²) < 4.78 is 25.3. The number of benzene rings is 1. The lowest BCUT2D eigenvalue weighted by molar-refractivity contribution is 0.0219. The number of tetrazole rings is 1. The van der Waals surface area contributed by atoms with E-state index >= 15 is 0 Å². The molecule has 1 fully saturated rings. The first kappa shape index (κ1) is 25.9. The van der Waals surface area contributed by atoms with E-state index in [9.17, 15) is 19.1 Å².